The number of ether oxygens (including phenoxy) is 1. The molecule has 0 spiro atoms. The summed E-state index contributed by atoms with van der Waals surface area (Å²) in [6, 6.07) is 6.59. The van der Waals surface area contributed by atoms with Crippen molar-refractivity contribution < 1.29 is 18.7 Å². The highest BCUT2D eigenvalue weighted by atomic mass is 16.5. The number of carbonyl (C=O) groups excluding carboxylic acids is 2. The van der Waals surface area contributed by atoms with E-state index in [9.17, 15) is 9.59 Å². The first-order valence-electron chi connectivity index (χ1n) is 5.89. The first-order chi connectivity index (χ1) is 9.60. The number of amides is 1. The summed E-state index contributed by atoms with van der Waals surface area (Å²) in [6.07, 6.45) is 1.21. The van der Waals surface area contributed by atoms with Crippen LogP contribution < -0.4 is 11.1 Å². The fourth-order valence-electron chi connectivity index (χ4n) is 1.47. The van der Waals surface area contributed by atoms with Gasteiger partial charge < -0.3 is 20.2 Å². The third-order valence-electron chi connectivity index (χ3n) is 2.41. The Morgan fingerprint density at radius 1 is 1.35 bits per heavy atom. The molecule has 0 unspecified atom stereocenters. The van der Waals surface area contributed by atoms with Gasteiger partial charge in [0.2, 0.25) is 5.91 Å². The van der Waals surface area contributed by atoms with Gasteiger partial charge in [-0.2, -0.15) is 4.98 Å². The summed E-state index contributed by atoms with van der Waals surface area (Å²) in [5.74, 6) is -1.05. The molecule has 1 heterocycles. The lowest BCUT2D eigenvalue weighted by molar-refractivity contribution is 0.0519. The van der Waals surface area contributed by atoms with E-state index in [0.29, 0.717) is 11.3 Å². The van der Waals surface area contributed by atoms with Crippen molar-refractivity contribution in [3.8, 4) is 0 Å². The SMILES string of the molecule is CCOC(=O)c1coc(Nc2ccc(C(N)=O)cc2)n1. The molecular formula is C13H13N3O4. The highest BCUT2D eigenvalue weighted by Gasteiger charge is 2.13. The van der Waals surface area contributed by atoms with Crippen LogP contribution in [0, 0.1) is 0 Å². The van der Waals surface area contributed by atoms with E-state index < -0.39 is 11.9 Å². The van der Waals surface area contributed by atoms with Crippen molar-refractivity contribution in [2.45, 2.75) is 6.92 Å². The van der Waals surface area contributed by atoms with Crippen molar-refractivity contribution >= 4 is 23.6 Å². The first kappa shape index (κ1) is 13.6. The van der Waals surface area contributed by atoms with E-state index in [-0.39, 0.29) is 18.3 Å². The molecule has 0 bridgehead atoms. The van der Waals surface area contributed by atoms with Gasteiger partial charge in [0, 0.05) is 11.3 Å². The molecule has 0 aliphatic rings. The van der Waals surface area contributed by atoms with Gasteiger partial charge >= 0.3 is 5.97 Å². The third kappa shape index (κ3) is 3.14. The predicted molar refractivity (Wildman–Crippen MR) is 70.7 cm³/mol. The molecule has 2 aromatic rings. The van der Waals surface area contributed by atoms with Gasteiger partial charge in [-0.05, 0) is 31.2 Å². The Kier molecular flexibility index (Phi) is 3.99. The first-order valence-corrected chi connectivity index (χ1v) is 5.89. The van der Waals surface area contributed by atoms with Gasteiger partial charge in [-0.25, -0.2) is 4.79 Å². The summed E-state index contributed by atoms with van der Waals surface area (Å²) < 4.78 is 9.89. The summed E-state index contributed by atoms with van der Waals surface area (Å²) in [5.41, 5.74) is 6.27. The number of anilines is 2. The Morgan fingerprint density at radius 2 is 2.05 bits per heavy atom. The number of aromatic nitrogens is 1. The Morgan fingerprint density at radius 3 is 2.65 bits per heavy atom. The monoisotopic (exact) mass is 275 g/mol. The van der Waals surface area contributed by atoms with Gasteiger partial charge in [0.05, 0.1) is 6.61 Å². The quantitative estimate of drug-likeness (QED) is 0.804. The van der Waals surface area contributed by atoms with Crippen LogP contribution in [0.15, 0.2) is 34.9 Å². The van der Waals surface area contributed by atoms with E-state index in [1.807, 2.05) is 0 Å². The predicted octanol–water partition coefficient (Wildman–Crippen LogP) is 1.69. The molecule has 0 saturated carbocycles. The molecule has 0 atom stereocenters. The van der Waals surface area contributed by atoms with Crippen LogP contribution in [0.3, 0.4) is 0 Å². The smallest absolute Gasteiger partial charge is 0.360 e. The second kappa shape index (κ2) is 5.87. The second-order valence-electron chi connectivity index (χ2n) is 3.82. The van der Waals surface area contributed by atoms with Crippen molar-refractivity contribution in [3.63, 3.8) is 0 Å². The topological polar surface area (TPSA) is 107 Å². The van der Waals surface area contributed by atoms with E-state index in [1.165, 1.54) is 6.26 Å². The number of benzene rings is 1. The molecule has 3 N–H and O–H groups in total. The number of oxazole rings is 1. The van der Waals surface area contributed by atoms with E-state index in [0.717, 1.165) is 0 Å². The number of nitrogens with zero attached hydrogens (tertiary/aromatic N) is 1. The maximum absolute atomic E-state index is 11.4. The molecule has 2 rings (SSSR count). The van der Waals surface area contributed by atoms with Crippen LogP contribution in [0.25, 0.3) is 0 Å². The van der Waals surface area contributed by atoms with Crippen LogP contribution in [0.2, 0.25) is 0 Å². The van der Waals surface area contributed by atoms with Gasteiger partial charge in [-0.1, -0.05) is 0 Å². The van der Waals surface area contributed by atoms with Crippen molar-refractivity contribution in [1.82, 2.24) is 4.98 Å². The molecule has 0 radical (unpaired) electrons. The molecule has 104 valence electrons. The molecular weight excluding hydrogens is 262 g/mol. The van der Waals surface area contributed by atoms with Gasteiger partial charge in [0.25, 0.3) is 6.01 Å². The zero-order valence-electron chi connectivity index (χ0n) is 10.8. The number of carbonyl (C=O) groups is 2. The highest BCUT2D eigenvalue weighted by molar-refractivity contribution is 5.93. The van der Waals surface area contributed by atoms with Crippen LogP contribution in [0.5, 0.6) is 0 Å². The lowest BCUT2D eigenvalue weighted by Crippen LogP contribution is -2.10. The number of hydrogen-bond acceptors (Lipinski definition) is 6. The van der Waals surface area contributed by atoms with Crippen LogP contribution >= 0.6 is 0 Å². The number of nitrogens with one attached hydrogen (secondary N) is 1. The Hall–Kier alpha value is -2.83. The lowest BCUT2D eigenvalue weighted by Gasteiger charge is -2.02. The zero-order valence-corrected chi connectivity index (χ0v) is 10.8. The third-order valence-corrected chi connectivity index (χ3v) is 2.41. The fourth-order valence-corrected chi connectivity index (χ4v) is 1.47. The molecule has 0 saturated heterocycles. The van der Waals surface area contributed by atoms with E-state index in [1.54, 1.807) is 31.2 Å². The number of esters is 1. The Labute approximate surface area is 114 Å². The average molecular weight is 275 g/mol. The largest absolute Gasteiger partial charge is 0.461 e. The van der Waals surface area contributed by atoms with Gasteiger partial charge in [0.1, 0.15) is 6.26 Å². The van der Waals surface area contributed by atoms with Gasteiger partial charge in [-0.3, -0.25) is 4.79 Å². The van der Waals surface area contributed by atoms with Gasteiger partial charge in [0.15, 0.2) is 5.69 Å². The zero-order chi connectivity index (χ0) is 14.5. The van der Waals surface area contributed by atoms with Crippen molar-refractivity contribution in [3.05, 3.63) is 41.8 Å². The standard InChI is InChI=1S/C13H13N3O4/c1-2-19-12(18)10-7-20-13(16-10)15-9-5-3-8(4-6-9)11(14)17/h3-7H,2H2,1H3,(H2,14,17)(H,15,16). The van der Waals surface area contributed by atoms with Crippen LogP contribution in [0.1, 0.15) is 27.8 Å². The molecule has 7 heteroatoms. The van der Waals surface area contributed by atoms with Crippen LogP contribution in [-0.2, 0) is 4.74 Å². The lowest BCUT2D eigenvalue weighted by atomic mass is 10.2. The van der Waals surface area contributed by atoms with E-state index >= 15 is 0 Å². The summed E-state index contributed by atoms with van der Waals surface area (Å²) in [6.45, 7) is 1.97. The molecule has 1 aromatic heterocycles. The number of rotatable bonds is 5. The molecule has 20 heavy (non-hydrogen) atoms. The van der Waals surface area contributed by atoms with Crippen molar-refractivity contribution in [1.29, 1.82) is 0 Å². The minimum atomic E-state index is -0.548. The molecule has 0 aliphatic heterocycles. The van der Waals surface area contributed by atoms with Crippen molar-refractivity contribution in [2.75, 3.05) is 11.9 Å². The maximum Gasteiger partial charge on any atom is 0.360 e. The molecule has 0 aliphatic carbocycles. The van der Waals surface area contributed by atoms with Crippen LogP contribution in [0.4, 0.5) is 11.7 Å². The van der Waals surface area contributed by atoms with E-state index in [2.05, 4.69) is 10.3 Å². The number of primary amides is 1. The Balaban J connectivity index is 2.06. The highest BCUT2D eigenvalue weighted by Crippen LogP contribution is 2.17. The minimum absolute atomic E-state index is 0.0862. The molecule has 7 nitrogen and oxygen atoms in total. The normalized spacial score (nSPS) is 10.1. The molecule has 1 amide bonds. The number of hydrogen-bond donors (Lipinski definition) is 2. The average Bonchev–Trinajstić information content (AvgIpc) is 2.88. The summed E-state index contributed by atoms with van der Waals surface area (Å²) in [5, 5.41) is 2.85. The number of nitrogens with two attached hydrogens (primary N) is 1. The Bertz CT molecular complexity index is 619. The molecule has 1 aromatic carbocycles. The maximum atomic E-state index is 11.4. The fraction of sp³-hybridized carbons (Fsp3) is 0.154. The van der Waals surface area contributed by atoms with Gasteiger partial charge in [-0.15, -0.1) is 0 Å². The molecule has 0 fully saturated rings. The second-order valence-corrected chi connectivity index (χ2v) is 3.82. The summed E-state index contributed by atoms with van der Waals surface area (Å²) >= 11 is 0. The minimum Gasteiger partial charge on any atom is -0.461 e. The van der Waals surface area contributed by atoms with E-state index in [4.69, 9.17) is 14.9 Å². The summed E-state index contributed by atoms with van der Waals surface area (Å²) in [7, 11) is 0. The van der Waals surface area contributed by atoms with Crippen LogP contribution in [-0.4, -0.2) is 23.5 Å². The summed E-state index contributed by atoms with van der Waals surface area (Å²) in [4.78, 5) is 26.3. The van der Waals surface area contributed by atoms with Crippen molar-refractivity contribution in [2.24, 2.45) is 5.73 Å².